The number of likely N-dealkylation sites (N-methyl/N-ethyl adjacent to an activating group) is 1. The molecule has 1 fully saturated rings. The Balaban J connectivity index is 1.93. The first kappa shape index (κ1) is 16.7. The lowest BCUT2D eigenvalue weighted by molar-refractivity contribution is -0.128. The summed E-state index contributed by atoms with van der Waals surface area (Å²) < 4.78 is 5.66. The fraction of sp³-hybridized carbons (Fsp3) is 0.0625. The predicted molar refractivity (Wildman–Crippen MR) is 95.7 cm³/mol. The van der Waals surface area contributed by atoms with Gasteiger partial charge in [-0.05, 0) is 48.6 Å². The van der Waals surface area contributed by atoms with E-state index >= 15 is 0 Å². The zero-order chi connectivity index (χ0) is 17.4. The van der Waals surface area contributed by atoms with Crippen LogP contribution in [0.25, 0.3) is 17.4 Å². The highest BCUT2D eigenvalue weighted by Gasteiger charge is 2.31. The molecule has 0 atom stereocenters. The van der Waals surface area contributed by atoms with E-state index in [2.05, 4.69) is 5.32 Å². The van der Waals surface area contributed by atoms with E-state index in [-0.39, 0.29) is 10.7 Å². The van der Waals surface area contributed by atoms with E-state index in [1.54, 1.807) is 30.3 Å². The second-order valence-corrected chi connectivity index (χ2v) is 6.21. The van der Waals surface area contributed by atoms with Crippen LogP contribution in [-0.2, 0) is 9.59 Å². The number of thiocarbonyl (C=S) groups is 1. The predicted octanol–water partition coefficient (Wildman–Crippen LogP) is 3.51. The molecule has 0 bridgehead atoms. The molecule has 1 aromatic carbocycles. The smallest absolute Gasteiger partial charge is 0.265 e. The third-order valence-corrected chi connectivity index (χ3v) is 4.54. The summed E-state index contributed by atoms with van der Waals surface area (Å²) in [7, 11) is 1.49. The van der Waals surface area contributed by atoms with Crippen molar-refractivity contribution in [2.24, 2.45) is 0 Å². The van der Waals surface area contributed by atoms with Crippen LogP contribution in [0.2, 0.25) is 10.0 Å². The van der Waals surface area contributed by atoms with Crippen LogP contribution < -0.4 is 5.32 Å². The number of hydrogen-bond acceptors (Lipinski definition) is 4. The van der Waals surface area contributed by atoms with Crippen molar-refractivity contribution in [1.82, 2.24) is 10.2 Å². The van der Waals surface area contributed by atoms with Gasteiger partial charge in [0.25, 0.3) is 11.8 Å². The molecule has 1 aromatic heterocycles. The first-order valence-electron chi connectivity index (χ1n) is 6.77. The lowest BCUT2D eigenvalue weighted by Gasteiger charge is -2.24. The number of benzene rings is 1. The molecule has 1 aliphatic rings. The number of hydrogen-bond donors (Lipinski definition) is 1. The topological polar surface area (TPSA) is 62.6 Å². The van der Waals surface area contributed by atoms with E-state index < -0.39 is 11.8 Å². The van der Waals surface area contributed by atoms with Gasteiger partial charge in [-0.1, -0.05) is 23.2 Å². The van der Waals surface area contributed by atoms with Gasteiger partial charge in [-0.2, -0.15) is 0 Å². The summed E-state index contributed by atoms with van der Waals surface area (Å²) in [5.74, 6) is -0.157. The number of amides is 2. The van der Waals surface area contributed by atoms with Crippen molar-refractivity contribution in [3.63, 3.8) is 0 Å². The fourth-order valence-electron chi connectivity index (χ4n) is 2.12. The SMILES string of the molecule is CN1C(=O)/C(=C/c2ccc(-c3ccc(Cl)c(Cl)c3)o2)C(=O)NC1=S. The summed E-state index contributed by atoms with van der Waals surface area (Å²) in [6.45, 7) is 0. The van der Waals surface area contributed by atoms with Crippen LogP contribution in [0.5, 0.6) is 0 Å². The molecule has 0 radical (unpaired) electrons. The normalized spacial score (nSPS) is 16.7. The minimum atomic E-state index is -0.560. The fourth-order valence-corrected chi connectivity index (χ4v) is 2.60. The van der Waals surface area contributed by atoms with Crippen LogP contribution in [0.15, 0.2) is 40.3 Å². The molecule has 0 unspecified atom stereocenters. The molecule has 1 aliphatic heterocycles. The molecule has 8 heteroatoms. The van der Waals surface area contributed by atoms with Crippen molar-refractivity contribution < 1.29 is 14.0 Å². The first-order chi connectivity index (χ1) is 11.4. The third kappa shape index (κ3) is 3.08. The highest BCUT2D eigenvalue weighted by Crippen LogP contribution is 2.30. The summed E-state index contributed by atoms with van der Waals surface area (Å²) in [6, 6.07) is 8.46. The second-order valence-electron chi connectivity index (χ2n) is 5.01. The molecule has 2 aromatic rings. The van der Waals surface area contributed by atoms with Crippen molar-refractivity contribution in [2.75, 3.05) is 7.05 Å². The minimum absolute atomic E-state index is 0.0545. The van der Waals surface area contributed by atoms with Gasteiger partial charge in [0, 0.05) is 12.6 Å². The molecular formula is C16H10Cl2N2O3S. The first-order valence-corrected chi connectivity index (χ1v) is 7.93. The van der Waals surface area contributed by atoms with E-state index in [9.17, 15) is 9.59 Å². The highest BCUT2D eigenvalue weighted by atomic mass is 35.5. The Bertz CT molecular complexity index is 904. The minimum Gasteiger partial charge on any atom is -0.457 e. The lowest BCUT2D eigenvalue weighted by Crippen LogP contribution is -2.52. The van der Waals surface area contributed by atoms with Crippen molar-refractivity contribution in [1.29, 1.82) is 0 Å². The van der Waals surface area contributed by atoms with E-state index in [0.29, 0.717) is 21.6 Å². The Morgan fingerprint density at radius 3 is 2.62 bits per heavy atom. The van der Waals surface area contributed by atoms with Gasteiger partial charge in [-0.3, -0.25) is 19.8 Å². The average Bonchev–Trinajstić information content (AvgIpc) is 3.01. The molecular weight excluding hydrogens is 371 g/mol. The van der Waals surface area contributed by atoms with Crippen LogP contribution >= 0.6 is 35.4 Å². The molecule has 122 valence electrons. The zero-order valence-corrected chi connectivity index (χ0v) is 14.6. The van der Waals surface area contributed by atoms with Gasteiger partial charge in [0.2, 0.25) is 0 Å². The van der Waals surface area contributed by atoms with Gasteiger partial charge in [-0.25, -0.2) is 0 Å². The molecule has 2 amide bonds. The number of nitrogens with one attached hydrogen (secondary N) is 1. The summed E-state index contributed by atoms with van der Waals surface area (Å²) in [4.78, 5) is 25.3. The summed E-state index contributed by atoms with van der Waals surface area (Å²) in [6.07, 6.45) is 1.37. The molecule has 0 aliphatic carbocycles. The molecule has 1 N–H and O–H groups in total. The van der Waals surface area contributed by atoms with Crippen LogP contribution in [-0.4, -0.2) is 28.9 Å². The zero-order valence-electron chi connectivity index (χ0n) is 12.3. The maximum absolute atomic E-state index is 12.1. The monoisotopic (exact) mass is 380 g/mol. The Hall–Kier alpha value is -2.15. The van der Waals surface area contributed by atoms with Crippen molar-refractivity contribution >= 4 is 58.4 Å². The van der Waals surface area contributed by atoms with E-state index in [0.717, 1.165) is 5.56 Å². The Kier molecular flexibility index (Phi) is 4.45. The Labute approximate surface area is 152 Å². The number of rotatable bonds is 2. The summed E-state index contributed by atoms with van der Waals surface area (Å²) >= 11 is 16.8. The van der Waals surface area contributed by atoms with Gasteiger partial charge in [-0.15, -0.1) is 0 Å². The Morgan fingerprint density at radius 1 is 1.17 bits per heavy atom. The number of furan rings is 1. The van der Waals surface area contributed by atoms with Gasteiger partial charge < -0.3 is 4.42 Å². The third-order valence-electron chi connectivity index (χ3n) is 3.42. The van der Waals surface area contributed by atoms with Gasteiger partial charge >= 0.3 is 0 Å². The van der Waals surface area contributed by atoms with Crippen LogP contribution in [0, 0.1) is 0 Å². The second kappa shape index (κ2) is 6.39. The molecule has 0 saturated carbocycles. The quantitative estimate of drug-likeness (QED) is 0.491. The number of nitrogens with zero attached hydrogens (tertiary/aromatic N) is 1. The van der Waals surface area contributed by atoms with Crippen LogP contribution in [0.4, 0.5) is 0 Å². The number of carbonyl (C=O) groups excluding carboxylic acids is 2. The van der Waals surface area contributed by atoms with Crippen LogP contribution in [0.3, 0.4) is 0 Å². The van der Waals surface area contributed by atoms with Crippen molar-refractivity contribution in [3.8, 4) is 11.3 Å². The molecule has 3 rings (SSSR count). The molecule has 24 heavy (non-hydrogen) atoms. The Morgan fingerprint density at radius 2 is 1.92 bits per heavy atom. The van der Waals surface area contributed by atoms with E-state index in [4.69, 9.17) is 39.8 Å². The summed E-state index contributed by atoms with van der Waals surface area (Å²) in [5, 5.41) is 3.35. The van der Waals surface area contributed by atoms with E-state index in [1.165, 1.54) is 18.0 Å². The van der Waals surface area contributed by atoms with Gasteiger partial charge in [0.05, 0.1) is 10.0 Å². The van der Waals surface area contributed by atoms with Gasteiger partial charge in [0.15, 0.2) is 5.11 Å². The van der Waals surface area contributed by atoms with E-state index in [1.807, 2.05) is 0 Å². The number of carbonyl (C=O) groups is 2. The standard InChI is InChI=1S/C16H10Cl2N2O3S/c1-20-15(22)10(14(21)19-16(20)24)7-9-3-5-13(23-9)8-2-4-11(17)12(18)6-8/h2-7H,1H3,(H,19,21,24)/b10-7+. The maximum atomic E-state index is 12.1. The average molecular weight is 381 g/mol. The van der Waals surface area contributed by atoms with Crippen LogP contribution in [0.1, 0.15) is 5.76 Å². The lowest BCUT2D eigenvalue weighted by atomic mass is 10.1. The van der Waals surface area contributed by atoms with Crippen molar-refractivity contribution in [2.45, 2.75) is 0 Å². The maximum Gasteiger partial charge on any atom is 0.265 e. The number of halogens is 2. The van der Waals surface area contributed by atoms with Gasteiger partial charge in [0.1, 0.15) is 17.1 Å². The largest absolute Gasteiger partial charge is 0.457 e. The summed E-state index contributed by atoms with van der Waals surface area (Å²) in [5.41, 5.74) is 0.674. The van der Waals surface area contributed by atoms with Crippen molar-refractivity contribution in [3.05, 3.63) is 51.7 Å². The molecule has 0 spiro atoms. The molecule has 2 heterocycles. The molecule has 1 saturated heterocycles. The molecule has 5 nitrogen and oxygen atoms in total. The highest BCUT2D eigenvalue weighted by molar-refractivity contribution is 7.80.